The number of hydrogen-bond acceptors (Lipinski definition) is 6. The van der Waals surface area contributed by atoms with Gasteiger partial charge in [-0.3, -0.25) is 25.3 Å². The summed E-state index contributed by atoms with van der Waals surface area (Å²) in [5.41, 5.74) is -1.89. The van der Waals surface area contributed by atoms with Crippen molar-refractivity contribution < 1.29 is 18.8 Å². The number of hydrogen-bond donors (Lipinski definition) is 1. The molecule has 0 bridgehead atoms. The first kappa shape index (κ1) is 10.7. The number of nitro groups is 2. The van der Waals surface area contributed by atoms with Crippen LogP contribution in [0.1, 0.15) is 11.9 Å². The van der Waals surface area contributed by atoms with Crippen LogP contribution in [0.15, 0.2) is 6.20 Å². The Hall–Kier alpha value is -2.33. The summed E-state index contributed by atoms with van der Waals surface area (Å²) in [6.45, 7) is 0. The van der Waals surface area contributed by atoms with Crippen LogP contribution in [0, 0.1) is 20.2 Å². The molecule has 0 amide bonds. The fraction of sp³-hybridized carbons (Fsp3) is 0.250. The maximum Gasteiger partial charge on any atom is 0.494 e. The maximum atomic E-state index is 12.1. The second-order valence-corrected chi connectivity index (χ2v) is 2.35. The number of nitrogens with one attached hydrogen (secondary N) is 1. The third kappa shape index (κ3) is 1.95. The molecule has 0 saturated carbocycles. The Morgan fingerprint density at radius 3 is 2.33 bits per heavy atom. The van der Waals surface area contributed by atoms with E-state index >= 15 is 0 Å². The highest BCUT2D eigenvalue weighted by Gasteiger charge is 2.40. The zero-order valence-electron chi connectivity index (χ0n) is 6.83. The first-order valence-electron chi connectivity index (χ1n) is 3.37. The predicted octanol–water partition coefficient (Wildman–Crippen LogP) is 0.537. The average Bonchev–Trinajstić information content (AvgIpc) is 2.51. The first-order chi connectivity index (χ1) is 6.95. The van der Waals surface area contributed by atoms with Crippen LogP contribution < -0.4 is 5.34 Å². The van der Waals surface area contributed by atoms with E-state index in [4.69, 9.17) is 0 Å². The summed E-state index contributed by atoms with van der Waals surface area (Å²) in [7, 11) is 0. The van der Waals surface area contributed by atoms with Crippen LogP contribution in [-0.4, -0.2) is 20.0 Å². The lowest BCUT2D eigenvalue weighted by atomic mass is 10.3. The van der Waals surface area contributed by atoms with Crippen LogP contribution in [0.4, 0.5) is 14.6 Å². The number of halogens is 2. The van der Waals surface area contributed by atoms with Gasteiger partial charge in [0.1, 0.15) is 9.85 Å². The molecule has 1 aromatic heterocycles. The SMILES string of the molecule is O=[N+]([O-])C(c1[nH]ncc1N(F)F)[N+](=O)[O-]. The van der Waals surface area contributed by atoms with Gasteiger partial charge in [-0.15, -0.1) is 0 Å². The van der Waals surface area contributed by atoms with Crippen molar-refractivity contribution in [3.63, 3.8) is 0 Å². The van der Waals surface area contributed by atoms with Crippen LogP contribution >= 0.6 is 0 Å². The molecule has 9 nitrogen and oxygen atoms in total. The van der Waals surface area contributed by atoms with Crippen molar-refractivity contribution in [3.8, 4) is 0 Å². The molecule has 1 aromatic rings. The Kier molecular flexibility index (Phi) is 2.73. The topological polar surface area (TPSA) is 118 Å². The Morgan fingerprint density at radius 2 is 1.93 bits per heavy atom. The molecular formula is C4H3F2N5O4. The summed E-state index contributed by atoms with van der Waals surface area (Å²) in [4.78, 5) is 17.9. The number of aromatic amines is 1. The van der Waals surface area contributed by atoms with Crippen molar-refractivity contribution in [1.82, 2.24) is 10.2 Å². The van der Waals surface area contributed by atoms with E-state index in [0.717, 1.165) is 0 Å². The standard InChI is InChI=1S/C4H3F2N5O4/c5-9(6)2-1-7-8-3(2)4(10(12)13)11(14)15/h1,4H,(H,7,8). The molecule has 0 aliphatic heterocycles. The van der Waals surface area contributed by atoms with Crippen molar-refractivity contribution in [2.75, 3.05) is 5.34 Å². The van der Waals surface area contributed by atoms with Gasteiger partial charge in [-0.05, 0) is 5.34 Å². The molecule has 1 heterocycles. The lowest BCUT2D eigenvalue weighted by Gasteiger charge is -2.02. The van der Waals surface area contributed by atoms with Gasteiger partial charge in [0.05, 0.1) is 6.20 Å². The average molecular weight is 223 g/mol. The third-order valence-electron chi connectivity index (χ3n) is 1.49. The Bertz CT molecular complexity index is 378. The summed E-state index contributed by atoms with van der Waals surface area (Å²) in [6.07, 6.45) is -1.94. The molecule has 82 valence electrons. The predicted molar refractivity (Wildman–Crippen MR) is 40.0 cm³/mol. The highest BCUT2D eigenvalue weighted by molar-refractivity contribution is 5.44. The lowest BCUT2D eigenvalue weighted by molar-refractivity contribution is -0.753. The van der Waals surface area contributed by atoms with E-state index in [2.05, 4.69) is 5.10 Å². The largest absolute Gasteiger partial charge is 0.494 e. The van der Waals surface area contributed by atoms with Gasteiger partial charge in [-0.25, -0.2) is 0 Å². The van der Waals surface area contributed by atoms with Crippen LogP contribution in [0.3, 0.4) is 0 Å². The van der Waals surface area contributed by atoms with Gasteiger partial charge >= 0.3 is 6.17 Å². The smallest absolute Gasteiger partial charge is 0.267 e. The zero-order chi connectivity index (χ0) is 11.6. The minimum atomic E-state index is -2.49. The monoisotopic (exact) mass is 223 g/mol. The zero-order valence-corrected chi connectivity index (χ0v) is 6.83. The maximum absolute atomic E-state index is 12.1. The van der Waals surface area contributed by atoms with E-state index in [1.165, 1.54) is 0 Å². The number of rotatable bonds is 4. The van der Waals surface area contributed by atoms with Crippen LogP contribution in [0.2, 0.25) is 0 Å². The number of H-pyrrole nitrogens is 1. The van der Waals surface area contributed by atoms with E-state index < -0.39 is 32.7 Å². The molecule has 1 N–H and O–H groups in total. The van der Waals surface area contributed by atoms with Gasteiger partial charge < -0.3 is 0 Å². The molecule has 0 fully saturated rings. The molecule has 0 aliphatic rings. The van der Waals surface area contributed by atoms with Crippen molar-refractivity contribution in [2.45, 2.75) is 6.17 Å². The minimum Gasteiger partial charge on any atom is -0.267 e. The molecule has 0 spiro atoms. The molecular weight excluding hydrogens is 220 g/mol. The van der Waals surface area contributed by atoms with Gasteiger partial charge in [0, 0.05) is 0 Å². The minimum absolute atomic E-state index is 0.551. The normalized spacial score (nSPS) is 10.3. The quantitative estimate of drug-likeness (QED) is 0.344. The van der Waals surface area contributed by atoms with Crippen molar-refractivity contribution in [2.24, 2.45) is 0 Å². The van der Waals surface area contributed by atoms with Crippen molar-refractivity contribution >= 4 is 5.69 Å². The fourth-order valence-electron chi connectivity index (χ4n) is 0.902. The number of nitrogens with zero attached hydrogens (tertiary/aromatic N) is 4. The van der Waals surface area contributed by atoms with Gasteiger partial charge in [0.15, 0.2) is 5.69 Å². The summed E-state index contributed by atoms with van der Waals surface area (Å²) in [6, 6.07) is 0. The van der Waals surface area contributed by atoms with Crippen molar-refractivity contribution in [3.05, 3.63) is 32.1 Å². The van der Waals surface area contributed by atoms with E-state index in [-0.39, 0.29) is 0 Å². The Morgan fingerprint density at radius 1 is 1.40 bits per heavy atom. The molecule has 0 radical (unpaired) electrons. The van der Waals surface area contributed by atoms with E-state index in [0.29, 0.717) is 6.20 Å². The van der Waals surface area contributed by atoms with Gasteiger partial charge in [0.25, 0.3) is 0 Å². The Labute approximate surface area is 79.5 Å². The van der Waals surface area contributed by atoms with E-state index in [1.54, 1.807) is 5.10 Å². The summed E-state index contributed by atoms with van der Waals surface area (Å²) in [5.74, 6) is 0. The summed E-state index contributed by atoms with van der Waals surface area (Å²) in [5, 5.41) is 23.9. The molecule has 0 saturated heterocycles. The van der Waals surface area contributed by atoms with Gasteiger partial charge in [-0.2, -0.15) is 5.10 Å². The van der Waals surface area contributed by atoms with Gasteiger partial charge in [-0.1, -0.05) is 8.96 Å². The molecule has 11 heteroatoms. The summed E-state index contributed by atoms with van der Waals surface area (Å²) >= 11 is 0. The second kappa shape index (κ2) is 3.81. The highest BCUT2D eigenvalue weighted by atomic mass is 19.4. The number of anilines is 1. The fourth-order valence-corrected chi connectivity index (χ4v) is 0.902. The highest BCUT2D eigenvalue weighted by Crippen LogP contribution is 2.26. The second-order valence-electron chi connectivity index (χ2n) is 2.35. The molecule has 0 unspecified atom stereocenters. The molecule has 0 aromatic carbocycles. The third-order valence-corrected chi connectivity index (χ3v) is 1.49. The Balaban J connectivity index is 3.17. The van der Waals surface area contributed by atoms with Gasteiger partial charge in [0.2, 0.25) is 5.69 Å². The van der Waals surface area contributed by atoms with E-state index in [1.807, 2.05) is 0 Å². The van der Waals surface area contributed by atoms with E-state index in [9.17, 15) is 29.2 Å². The van der Waals surface area contributed by atoms with Crippen LogP contribution in [-0.2, 0) is 0 Å². The molecule has 0 atom stereocenters. The lowest BCUT2D eigenvalue weighted by Crippen LogP contribution is -2.21. The number of aromatic nitrogens is 2. The molecule has 15 heavy (non-hydrogen) atoms. The van der Waals surface area contributed by atoms with Crippen LogP contribution in [0.25, 0.3) is 0 Å². The summed E-state index contributed by atoms with van der Waals surface area (Å²) < 4.78 is 24.2. The molecule has 0 aliphatic carbocycles. The van der Waals surface area contributed by atoms with Crippen molar-refractivity contribution in [1.29, 1.82) is 0 Å². The first-order valence-corrected chi connectivity index (χ1v) is 3.37. The van der Waals surface area contributed by atoms with Crippen LogP contribution in [0.5, 0.6) is 0 Å². The molecule has 1 rings (SSSR count).